The third-order valence-corrected chi connectivity index (χ3v) is 10.1. The van der Waals surface area contributed by atoms with E-state index in [4.69, 9.17) is 4.74 Å². The Labute approximate surface area is 260 Å². The van der Waals surface area contributed by atoms with Gasteiger partial charge in [0.05, 0.1) is 30.4 Å². The van der Waals surface area contributed by atoms with Gasteiger partial charge in [-0.1, -0.05) is 24.3 Å². The van der Waals surface area contributed by atoms with E-state index in [0.29, 0.717) is 60.5 Å². The Morgan fingerprint density at radius 1 is 0.841 bits per heavy atom. The van der Waals surface area contributed by atoms with Crippen LogP contribution in [0, 0.1) is 0 Å². The Balaban J connectivity index is 1.04. The van der Waals surface area contributed by atoms with Crippen molar-refractivity contribution >= 4 is 49.5 Å². The Hall–Kier alpha value is -4.10. The number of anilines is 3. The van der Waals surface area contributed by atoms with Crippen molar-refractivity contribution in [2.45, 2.75) is 6.54 Å². The summed E-state index contributed by atoms with van der Waals surface area (Å²) in [4.78, 5) is 34.8. The number of hydrogen-bond donors (Lipinski definition) is 2. The summed E-state index contributed by atoms with van der Waals surface area (Å²) >= 11 is 1.32. The predicted molar refractivity (Wildman–Crippen MR) is 173 cm³/mol. The second-order valence-electron chi connectivity index (χ2n) is 10.8. The quantitative estimate of drug-likeness (QED) is 0.294. The van der Waals surface area contributed by atoms with Crippen molar-refractivity contribution < 1.29 is 22.7 Å². The van der Waals surface area contributed by atoms with E-state index < -0.39 is 9.84 Å². The highest BCUT2D eigenvalue weighted by molar-refractivity contribution is 7.91. The van der Waals surface area contributed by atoms with Crippen LogP contribution in [-0.4, -0.2) is 81.0 Å². The lowest BCUT2D eigenvalue weighted by molar-refractivity contribution is 0.101. The zero-order valence-corrected chi connectivity index (χ0v) is 25.7. The monoisotopic (exact) mass is 631 g/mol. The van der Waals surface area contributed by atoms with E-state index in [2.05, 4.69) is 25.4 Å². The lowest BCUT2D eigenvalue weighted by Gasteiger charge is -2.28. The molecule has 2 aliphatic rings. The number of amides is 2. The van der Waals surface area contributed by atoms with Crippen molar-refractivity contribution in [3.63, 3.8) is 0 Å². The zero-order valence-electron chi connectivity index (χ0n) is 24.1. The first kappa shape index (κ1) is 29.9. The van der Waals surface area contributed by atoms with Crippen LogP contribution in [0.1, 0.15) is 26.3 Å². The minimum Gasteiger partial charge on any atom is -0.378 e. The van der Waals surface area contributed by atoms with Gasteiger partial charge in [-0.05, 0) is 54.1 Å². The zero-order chi connectivity index (χ0) is 30.5. The molecule has 228 valence electrons. The van der Waals surface area contributed by atoms with Crippen LogP contribution in [0.25, 0.3) is 11.3 Å². The Morgan fingerprint density at radius 2 is 1.55 bits per heavy atom. The lowest BCUT2D eigenvalue weighted by Crippen LogP contribution is -2.39. The molecule has 44 heavy (non-hydrogen) atoms. The van der Waals surface area contributed by atoms with Crippen molar-refractivity contribution in [3.05, 3.63) is 94.9 Å². The van der Waals surface area contributed by atoms with Crippen molar-refractivity contribution in [1.29, 1.82) is 0 Å². The molecular formula is C32H33N5O5S2. The van der Waals surface area contributed by atoms with Crippen LogP contribution in [0.15, 0.2) is 78.2 Å². The average Bonchev–Trinajstić information content (AvgIpc) is 3.52. The summed E-state index contributed by atoms with van der Waals surface area (Å²) in [6, 6.07) is 22.3. The summed E-state index contributed by atoms with van der Waals surface area (Å²) in [7, 11) is -2.91. The number of hydrogen-bond acceptors (Lipinski definition) is 9. The lowest BCUT2D eigenvalue weighted by atomic mass is 10.1. The number of carbonyl (C=O) groups excluding carboxylic acids is 2. The van der Waals surface area contributed by atoms with E-state index in [0.717, 1.165) is 29.9 Å². The third kappa shape index (κ3) is 7.51. The smallest absolute Gasteiger partial charge is 0.257 e. The maximum atomic E-state index is 13.0. The molecule has 0 radical (unpaired) electrons. The molecule has 0 aliphatic carbocycles. The standard InChI is InChI=1S/C32H33N5O5S2/c38-30(24-6-10-28(11-7-24)37-12-16-42-17-13-37)35-32-34-29(22-43-32)25-2-1-3-26(20-25)31(39)33-27-8-4-23(5-9-27)21-36-14-18-44(40,41)19-15-36/h1-11,20,22H,12-19,21H2,(H,33,39)(H,34,35,38). The number of rotatable bonds is 8. The number of carbonyl (C=O) groups is 2. The van der Waals surface area contributed by atoms with E-state index >= 15 is 0 Å². The van der Waals surface area contributed by atoms with Gasteiger partial charge in [0, 0.05) is 66.2 Å². The number of thiazole rings is 1. The molecule has 3 heterocycles. The summed E-state index contributed by atoms with van der Waals surface area (Å²) in [6.45, 7) is 4.81. The first-order valence-electron chi connectivity index (χ1n) is 14.4. The van der Waals surface area contributed by atoms with Crippen LogP contribution in [0.3, 0.4) is 0 Å². The van der Waals surface area contributed by atoms with Crippen LogP contribution in [0.5, 0.6) is 0 Å². The van der Waals surface area contributed by atoms with Crippen molar-refractivity contribution in [3.8, 4) is 11.3 Å². The Kier molecular flexibility index (Phi) is 9.03. The fourth-order valence-electron chi connectivity index (χ4n) is 5.16. The number of benzene rings is 3. The molecule has 1 aromatic heterocycles. The van der Waals surface area contributed by atoms with Gasteiger partial charge in [0.1, 0.15) is 0 Å². The van der Waals surface area contributed by atoms with Gasteiger partial charge in [0.15, 0.2) is 15.0 Å². The molecule has 0 unspecified atom stereocenters. The second kappa shape index (κ2) is 13.3. The maximum Gasteiger partial charge on any atom is 0.257 e. The van der Waals surface area contributed by atoms with Gasteiger partial charge in [-0.25, -0.2) is 13.4 Å². The summed E-state index contributed by atoms with van der Waals surface area (Å²) < 4.78 is 28.7. The highest BCUT2D eigenvalue weighted by Crippen LogP contribution is 2.27. The molecule has 2 N–H and O–H groups in total. The maximum absolute atomic E-state index is 13.0. The molecule has 2 aliphatic heterocycles. The van der Waals surface area contributed by atoms with Gasteiger partial charge in [0.2, 0.25) is 0 Å². The molecule has 2 fully saturated rings. The molecular weight excluding hydrogens is 599 g/mol. The highest BCUT2D eigenvalue weighted by atomic mass is 32.2. The van der Waals surface area contributed by atoms with Gasteiger partial charge < -0.3 is 15.0 Å². The van der Waals surface area contributed by atoms with Crippen molar-refractivity contribution in [1.82, 2.24) is 9.88 Å². The molecule has 4 aromatic rings. The van der Waals surface area contributed by atoms with Crippen LogP contribution < -0.4 is 15.5 Å². The minimum absolute atomic E-state index is 0.196. The molecule has 2 saturated heterocycles. The first-order valence-corrected chi connectivity index (χ1v) is 17.1. The molecule has 0 spiro atoms. The van der Waals surface area contributed by atoms with E-state index in [1.807, 2.05) is 60.0 Å². The molecule has 0 saturated carbocycles. The average molecular weight is 632 g/mol. The molecule has 0 atom stereocenters. The summed E-state index contributed by atoms with van der Waals surface area (Å²) in [5, 5.41) is 8.14. The SMILES string of the molecule is O=C(Nc1ccc(CN2CCS(=O)(=O)CC2)cc1)c1cccc(-c2csc(NC(=O)c3ccc(N4CCOCC4)cc3)n2)c1. The number of nitrogens with zero attached hydrogens (tertiary/aromatic N) is 3. The predicted octanol–water partition coefficient (Wildman–Crippen LogP) is 4.38. The molecule has 3 aromatic carbocycles. The Bertz CT molecular complexity index is 1720. The number of nitrogens with one attached hydrogen (secondary N) is 2. The largest absolute Gasteiger partial charge is 0.378 e. The minimum atomic E-state index is -2.91. The molecule has 12 heteroatoms. The van der Waals surface area contributed by atoms with Crippen LogP contribution in [-0.2, 0) is 21.1 Å². The highest BCUT2D eigenvalue weighted by Gasteiger charge is 2.21. The normalized spacial score (nSPS) is 16.8. The van der Waals surface area contributed by atoms with E-state index in [-0.39, 0.29) is 23.3 Å². The van der Waals surface area contributed by atoms with Crippen LogP contribution in [0.2, 0.25) is 0 Å². The van der Waals surface area contributed by atoms with Crippen LogP contribution >= 0.6 is 11.3 Å². The topological polar surface area (TPSA) is 121 Å². The summed E-state index contributed by atoms with van der Waals surface area (Å²) in [6.07, 6.45) is 0. The van der Waals surface area contributed by atoms with Gasteiger partial charge >= 0.3 is 0 Å². The number of morpholine rings is 1. The number of ether oxygens (including phenoxy) is 1. The van der Waals surface area contributed by atoms with E-state index in [9.17, 15) is 18.0 Å². The first-order chi connectivity index (χ1) is 21.3. The fraction of sp³-hybridized carbons (Fsp3) is 0.281. The van der Waals surface area contributed by atoms with E-state index in [1.165, 1.54) is 11.3 Å². The fourth-order valence-corrected chi connectivity index (χ4v) is 7.15. The van der Waals surface area contributed by atoms with Gasteiger partial charge in [-0.15, -0.1) is 11.3 Å². The molecule has 6 rings (SSSR count). The third-order valence-electron chi connectivity index (χ3n) is 7.71. The van der Waals surface area contributed by atoms with Gasteiger partial charge in [-0.3, -0.25) is 19.8 Å². The van der Waals surface area contributed by atoms with E-state index in [1.54, 1.807) is 18.2 Å². The Morgan fingerprint density at radius 3 is 2.27 bits per heavy atom. The van der Waals surface area contributed by atoms with Crippen LogP contribution in [0.4, 0.5) is 16.5 Å². The second-order valence-corrected chi connectivity index (χ2v) is 14.0. The van der Waals surface area contributed by atoms with Gasteiger partial charge in [-0.2, -0.15) is 0 Å². The van der Waals surface area contributed by atoms with Crippen molar-refractivity contribution in [2.75, 3.05) is 66.4 Å². The summed E-state index contributed by atoms with van der Waals surface area (Å²) in [5.41, 5.74) is 5.26. The van der Waals surface area contributed by atoms with Gasteiger partial charge in [0.25, 0.3) is 11.8 Å². The molecule has 0 bridgehead atoms. The number of aromatic nitrogens is 1. The molecule has 2 amide bonds. The summed E-state index contributed by atoms with van der Waals surface area (Å²) in [5.74, 6) is -0.0872. The van der Waals surface area contributed by atoms with Crippen molar-refractivity contribution in [2.24, 2.45) is 0 Å². The molecule has 10 nitrogen and oxygen atoms in total. The number of sulfone groups is 1.